The molecule has 1 fully saturated rings. The second kappa shape index (κ2) is 9.47. The molecule has 3 amide bonds. The molecular weight excluding hydrogens is 350 g/mol. The van der Waals surface area contributed by atoms with Gasteiger partial charge < -0.3 is 15.0 Å². The molecule has 1 aliphatic heterocycles. The fourth-order valence-corrected chi connectivity index (χ4v) is 2.42. The third kappa shape index (κ3) is 4.99. The number of hydrogen-bond donors (Lipinski definition) is 2. The van der Waals surface area contributed by atoms with Crippen molar-refractivity contribution in [3.63, 3.8) is 0 Å². The molecule has 0 aromatic carbocycles. The Morgan fingerprint density at radius 2 is 2.08 bits per heavy atom. The molecule has 25 heavy (non-hydrogen) atoms. The first-order valence-corrected chi connectivity index (χ1v) is 8.22. The summed E-state index contributed by atoms with van der Waals surface area (Å²) >= 11 is 0. The smallest absolute Gasteiger partial charge is 0.341 e. The van der Waals surface area contributed by atoms with Gasteiger partial charge in [-0.3, -0.25) is 10.1 Å². The quantitative estimate of drug-likeness (QED) is 0.784. The second-order valence-corrected chi connectivity index (χ2v) is 5.74. The fraction of sp³-hybridized carbons (Fsp3) is 0.667. The molecule has 2 atom stereocenters. The Hall–Kier alpha value is -2.00. The molecular formula is C15H26ClN5O4. The summed E-state index contributed by atoms with van der Waals surface area (Å²) in [6.45, 7) is 7.07. The zero-order chi connectivity index (χ0) is 17.7. The summed E-state index contributed by atoms with van der Waals surface area (Å²) < 4.78 is 10.1. The first-order valence-electron chi connectivity index (χ1n) is 8.22. The molecule has 0 aliphatic carbocycles. The van der Waals surface area contributed by atoms with Crippen LogP contribution in [0.5, 0.6) is 5.95 Å². The molecule has 3 N–H and O–H groups in total. The van der Waals surface area contributed by atoms with Crippen LogP contribution in [0.2, 0.25) is 0 Å². The van der Waals surface area contributed by atoms with E-state index in [9.17, 15) is 9.59 Å². The normalized spacial score (nSPS) is 16.2. The number of hydrazine groups is 1. The fourth-order valence-electron chi connectivity index (χ4n) is 2.42. The molecule has 9 nitrogen and oxygen atoms in total. The number of amides is 3. The second-order valence-electron chi connectivity index (χ2n) is 5.74. The molecule has 1 aromatic heterocycles. The van der Waals surface area contributed by atoms with E-state index in [1.165, 1.54) is 16.1 Å². The molecule has 10 heteroatoms. The number of nitrogens with one attached hydrogen (secondary N) is 1. The number of anilines is 1. The van der Waals surface area contributed by atoms with Gasteiger partial charge in [-0.25, -0.2) is 14.8 Å². The summed E-state index contributed by atoms with van der Waals surface area (Å²) in [6.07, 6.45) is 1.50. The molecule has 0 bridgehead atoms. The molecule has 2 rings (SSSR count). The standard InChI is InChI=1S/C15H25N5O4.ClH/c1-4-10(3)13(16)14(21)19-7-6-8-20(19)15(22)17-11-9-12(23-5-2)24-18-11;/h9-10,13H,4-8,16H2,1-3H3,(H,17,18,22);1H/t10-,13-;/m0./s1. The lowest BCUT2D eigenvalue weighted by atomic mass is 9.99. The van der Waals surface area contributed by atoms with Gasteiger partial charge >= 0.3 is 12.0 Å². The third-order valence-electron chi connectivity index (χ3n) is 4.07. The summed E-state index contributed by atoms with van der Waals surface area (Å²) in [5, 5.41) is 9.08. The molecule has 0 saturated carbocycles. The monoisotopic (exact) mass is 375 g/mol. The highest BCUT2D eigenvalue weighted by atomic mass is 35.5. The van der Waals surface area contributed by atoms with Gasteiger partial charge in [-0.1, -0.05) is 25.4 Å². The van der Waals surface area contributed by atoms with Crippen LogP contribution in [-0.2, 0) is 4.79 Å². The van der Waals surface area contributed by atoms with Gasteiger partial charge in [0.25, 0.3) is 5.91 Å². The minimum absolute atomic E-state index is 0. The molecule has 1 aliphatic rings. The maximum atomic E-state index is 12.5. The number of carbonyl (C=O) groups excluding carboxylic acids is 2. The summed E-state index contributed by atoms with van der Waals surface area (Å²) in [7, 11) is 0. The van der Waals surface area contributed by atoms with Crippen molar-refractivity contribution in [1.82, 2.24) is 15.2 Å². The highest BCUT2D eigenvalue weighted by Gasteiger charge is 2.35. The van der Waals surface area contributed by atoms with Crippen LogP contribution in [0.4, 0.5) is 10.6 Å². The average Bonchev–Trinajstić information content (AvgIpc) is 3.22. The van der Waals surface area contributed by atoms with Crippen molar-refractivity contribution >= 4 is 30.2 Å². The number of aromatic nitrogens is 1. The lowest BCUT2D eigenvalue weighted by molar-refractivity contribution is -0.142. The van der Waals surface area contributed by atoms with Gasteiger partial charge in [-0.05, 0) is 19.3 Å². The molecule has 0 radical (unpaired) electrons. The van der Waals surface area contributed by atoms with E-state index >= 15 is 0 Å². The van der Waals surface area contributed by atoms with Crippen LogP contribution in [-0.4, -0.2) is 52.9 Å². The molecule has 142 valence electrons. The van der Waals surface area contributed by atoms with Gasteiger partial charge in [-0.15, -0.1) is 12.4 Å². The van der Waals surface area contributed by atoms with E-state index in [1.54, 1.807) is 0 Å². The predicted octanol–water partition coefficient (Wildman–Crippen LogP) is 1.85. The van der Waals surface area contributed by atoms with E-state index in [2.05, 4.69) is 10.5 Å². The van der Waals surface area contributed by atoms with E-state index < -0.39 is 12.1 Å². The number of hydrogen-bond acceptors (Lipinski definition) is 6. The van der Waals surface area contributed by atoms with Crippen LogP contribution in [0.3, 0.4) is 0 Å². The van der Waals surface area contributed by atoms with Crippen LogP contribution in [0, 0.1) is 5.92 Å². The predicted molar refractivity (Wildman–Crippen MR) is 94.4 cm³/mol. The van der Waals surface area contributed by atoms with Crippen LogP contribution in [0.1, 0.15) is 33.6 Å². The first kappa shape index (κ1) is 21.0. The van der Waals surface area contributed by atoms with Crippen molar-refractivity contribution in [2.75, 3.05) is 25.0 Å². The van der Waals surface area contributed by atoms with Crippen molar-refractivity contribution < 1.29 is 18.8 Å². The van der Waals surface area contributed by atoms with Crippen LogP contribution in [0.25, 0.3) is 0 Å². The van der Waals surface area contributed by atoms with Crippen molar-refractivity contribution in [3.05, 3.63) is 6.07 Å². The highest BCUT2D eigenvalue weighted by molar-refractivity contribution is 5.91. The van der Waals surface area contributed by atoms with Gasteiger partial charge in [-0.2, -0.15) is 0 Å². The number of rotatable bonds is 6. The SMILES string of the molecule is CCOc1cc(NC(=O)N2CCCN2C(=O)[C@@H](N)[C@@H](C)CC)no1.Cl. The first-order chi connectivity index (χ1) is 11.5. The summed E-state index contributed by atoms with van der Waals surface area (Å²) in [5.74, 6) is 0.259. The van der Waals surface area contributed by atoms with E-state index in [-0.39, 0.29) is 36.0 Å². The van der Waals surface area contributed by atoms with Gasteiger partial charge in [0.15, 0.2) is 5.82 Å². The van der Waals surface area contributed by atoms with Gasteiger partial charge in [0, 0.05) is 13.1 Å². The summed E-state index contributed by atoms with van der Waals surface area (Å²) in [6, 6.07) is 0.405. The minimum Gasteiger partial charge on any atom is -0.464 e. The Morgan fingerprint density at radius 1 is 1.40 bits per heavy atom. The maximum absolute atomic E-state index is 12.5. The number of halogens is 1. The molecule has 1 saturated heterocycles. The molecule has 2 heterocycles. The van der Waals surface area contributed by atoms with E-state index in [0.717, 1.165) is 6.42 Å². The van der Waals surface area contributed by atoms with Gasteiger partial charge in [0.1, 0.15) is 0 Å². The number of nitrogens with two attached hydrogens (primary N) is 1. The van der Waals surface area contributed by atoms with E-state index in [1.807, 2.05) is 20.8 Å². The van der Waals surface area contributed by atoms with Crippen molar-refractivity contribution in [2.45, 2.75) is 39.7 Å². The number of nitrogens with zero attached hydrogens (tertiary/aromatic N) is 3. The Kier molecular flexibility index (Phi) is 7.98. The Labute approximate surface area is 153 Å². The van der Waals surface area contributed by atoms with Crippen LogP contribution in [0.15, 0.2) is 10.6 Å². The minimum atomic E-state index is -0.625. The maximum Gasteiger partial charge on any atom is 0.341 e. The van der Waals surface area contributed by atoms with Crippen LogP contribution < -0.4 is 15.8 Å². The number of carbonyl (C=O) groups is 2. The van der Waals surface area contributed by atoms with Gasteiger partial charge in [0.05, 0.1) is 18.7 Å². The zero-order valence-electron chi connectivity index (χ0n) is 14.7. The van der Waals surface area contributed by atoms with Gasteiger partial charge in [0.2, 0.25) is 0 Å². The molecule has 1 aromatic rings. The van der Waals surface area contributed by atoms with Crippen LogP contribution >= 0.6 is 12.4 Å². The Balaban J connectivity index is 0.00000312. The lowest BCUT2D eigenvalue weighted by Gasteiger charge is -2.31. The molecule has 0 spiro atoms. The number of urea groups is 1. The summed E-state index contributed by atoms with van der Waals surface area (Å²) in [4.78, 5) is 24.9. The Morgan fingerprint density at radius 3 is 2.72 bits per heavy atom. The molecule has 0 unspecified atom stereocenters. The Bertz CT molecular complexity index is 582. The topological polar surface area (TPSA) is 114 Å². The lowest BCUT2D eigenvalue weighted by Crippen LogP contribution is -2.53. The van der Waals surface area contributed by atoms with Crippen molar-refractivity contribution in [2.24, 2.45) is 11.7 Å². The van der Waals surface area contributed by atoms with Crippen molar-refractivity contribution in [1.29, 1.82) is 0 Å². The largest absolute Gasteiger partial charge is 0.464 e. The van der Waals surface area contributed by atoms with E-state index in [0.29, 0.717) is 26.1 Å². The summed E-state index contributed by atoms with van der Waals surface area (Å²) in [5.41, 5.74) is 6.01. The highest BCUT2D eigenvalue weighted by Crippen LogP contribution is 2.19. The van der Waals surface area contributed by atoms with E-state index in [4.69, 9.17) is 15.0 Å². The number of ether oxygens (including phenoxy) is 1. The average molecular weight is 376 g/mol. The third-order valence-corrected chi connectivity index (χ3v) is 4.07. The van der Waals surface area contributed by atoms with Crippen molar-refractivity contribution in [3.8, 4) is 5.95 Å². The zero-order valence-corrected chi connectivity index (χ0v) is 15.5.